The zero-order valence-corrected chi connectivity index (χ0v) is 14.5. The second-order valence-electron chi connectivity index (χ2n) is 6.73. The molecule has 1 saturated carbocycles. The minimum absolute atomic E-state index is 0.163. The Morgan fingerprint density at radius 1 is 1.08 bits per heavy atom. The number of hydrogen-bond acceptors (Lipinski definition) is 3. The molecule has 26 heavy (non-hydrogen) atoms. The van der Waals surface area contributed by atoms with E-state index in [-0.39, 0.29) is 11.9 Å². The molecule has 0 radical (unpaired) electrons. The van der Waals surface area contributed by atoms with Crippen LogP contribution in [0.25, 0.3) is 0 Å². The molecule has 0 saturated heterocycles. The van der Waals surface area contributed by atoms with Crippen molar-refractivity contribution in [2.75, 3.05) is 18.5 Å². The van der Waals surface area contributed by atoms with Gasteiger partial charge < -0.3 is 20.5 Å². The zero-order valence-electron chi connectivity index (χ0n) is 14.5. The molecule has 1 fully saturated rings. The number of nitrogens with two attached hydrogens (primary N) is 1. The Morgan fingerprint density at radius 2 is 1.88 bits per heavy atom. The Morgan fingerprint density at radius 3 is 2.69 bits per heavy atom. The van der Waals surface area contributed by atoms with E-state index in [1.807, 2.05) is 24.3 Å². The largest absolute Gasteiger partial charge is 0.490 e. The maximum Gasteiger partial charge on any atom is 0.193 e. The summed E-state index contributed by atoms with van der Waals surface area (Å²) in [6.45, 7) is 1.31. The van der Waals surface area contributed by atoms with E-state index in [4.69, 9.17) is 15.2 Å². The second kappa shape index (κ2) is 7.23. The van der Waals surface area contributed by atoms with Gasteiger partial charge in [-0.25, -0.2) is 9.38 Å². The van der Waals surface area contributed by atoms with Crippen LogP contribution in [0.4, 0.5) is 10.1 Å². The third-order valence-electron chi connectivity index (χ3n) is 4.77. The Bertz CT molecular complexity index is 818. The summed E-state index contributed by atoms with van der Waals surface area (Å²) in [6.07, 6.45) is 2.63. The van der Waals surface area contributed by atoms with Gasteiger partial charge in [-0.15, -0.1) is 0 Å². The lowest BCUT2D eigenvalue weighted by molar-refractivity contribution is 0.297. The molecule has 0 unspecified atom stereocenters. The monoisotopic (exact) mass is 355 g/mol. The number of anilines is 1. The van der Waals surface area contributed by atoms with Gasteiger partial charge in [-0.05, 0) is 48.6 Å². The SMILES string of the molecule is NC(=NC1CC(c2cccc(F)c2)C1)Nc1ccc2c(c1)OCCCO2. The molecule has 0 atom stereocenters. The first-order chi connectivity index (χ1) is 12.7. The number of nitrogens with zero attached hydrogens (tertiary/aromatic N) is 1. The molecule has 3 N–H and O–H groups in total. The lowest BCUT2D eigenvalue weighted by Crippen LogP contribution is -2.31. The van der Waals surface area contributed by atoms with Crippen LogP contribution in [0, 0.1) is 5.82 Å². The molecular weight excluding hydrogens is 333 g/mol. The second-order valence-corrected chi connectivity index (χ2v) is 6.73. The Balaban J connectivity index is 1.35. The van der Waals surface area contributed by atoms with Crippen molar-refractivity contribution >= 4 is 11.6 Å². The molecule has 2 aliphatic rings. The molecule has 4 rings (SSSR count). The predicted octanol–water partition coefficient (Wildman–Crippen LogP) is 3.66. The van der Waals surface area contributed by atoms with E-state index in [1.54, 1.807) is 12.1 Å². The molecule has 0 bridgehead atoms. The molecule has 0 amide bonds. The van der Waals surface area contributed by atoms with E-state index in [0.717, 1.165) is 42.0 Å². The van der Waals surface area contributed by atoms with Crippen molar-refractivity contribution in [2.24, 2.45) is 10.7 Å². The molecule has 0 spiro atoms. The molecule has 2 aromatic carbocycles. The number of benzene rings is 2. The average Bonchev–Trinajstić information content (AvgIpc) is 2.82. The smallest absolute Gasteiger partial charge is 0.193 e. The van der Waals surface area contributed by atoms with Crippen LogP contribution in [-0.2, 0) is 0 Å². The summed E-state index contributed by atoms with van der Waals surface area (Å²) >= 11 is 0. The van der Waals surface area contributed by atoms with Crippen molar-refractivity contribution in [2.45, 2.75) is 31.2 Å². The lowest BCUT2D eigenvalue weighted by atomic mass is 9.76. The summed E-state index contributed by atoms with van der Waals surface area (Å²) < 4.78 is 24.6. The van der Waals surface area contributed by atoms with Gasteiger partial charge in [-0.2, -0.15) is 0 Å². The van der Waals surface area contributed by atoms with Crippen LogP contribution in [0.3, 0.4) is 0 Å². The highest BCUT2D eigenvalue weighted by Gasteiger charge is 2.30. The Kier molecular flexibility index (Phi) is 4.65. The number of aliphatic imine (C=N–C) groups is 1. The van der Waals surface area contributed by atoms with Crippen LogP contribution in [-0.4, -0.2) is 25.2 Å². The zero-order chi connectivity index (χ0) is 17.9. The molecule has 0 aromatic heterocycles. The van der Waals surface area contributed by atoms with Gasteiger partial charge in [0.1, 0.15) is 5.82 Å². The van der Waals surface area contributed by atoms with Crippen LogP contribution in [0.1, 0.15) is 30.7 Å². The maximum atomic E-state index is 13.3. The standard InChI is InChI=1S/C20H22FN3O2/c21-15-4-1-3-13(9-15)14-10-17(11-14)24-20(22)23-16-5-6-18-19(12-16)26-8-2-7-25-18/h1,3-6,9,12,14,17H,2,7-8,10-11H2,(H3,22,23,24). The van der Waals surface area contributed by atoms with Crippen LogP contribution in [0.5, 0.6) is 11.5 Å². The van der Waals surface area contributed by atoms with Gasteiger partial charge in [0.15, 0.2) is 17.5 Å². The first-order valence-electron chi connectivity index (χ1n) is 8.93. The van der Waals surface area contributed by atoms with Gasteiger partial charge in [-0.1, -0.05) is 12.1 Å². The normalized spacial score (nSPS) is 22.3. The molecule has 2 aromatic rings. The van der Waals surface area contributed by atoms with Gasteiger partial charge >= 0.3 is 0 Å². The average molecular weight is 355 g/mol. The van der Waals surface area contributed by atoms with Crippen molar-refractivity contribution in [3.8, 4) is 11.5 Å². The van der Waals surface area contributed by atoms with E-state index in [0.29, 0.717) is 25.1 Å². The molecule has 1 heterocycles. The summed E-state index contributed by atoms with van der Waals surface area (Å²) in [6, 6.07) is 12.6. The van der Waals surface area contributed by atoms with Gasteiger partial charge in [0.05, 0.1) is 19.3 Å². The Hall–Kier alpha value is -2.76. The number of hydrogen-bond donors (Lipinski definition) is 2. The first-order valence-corrected chi connectivity index (χ1v) is 8.93. The third kappa shape index (κ3) is 3.74. The number of rotatable bonds is 3. The van der Waals surface area contributed by atoms with E-state index < -0.39 is 0 Å². The van der Waals surface area contributed by atoms with Gasteiger partial charge in [0.25, 0.3) is 0 Å². The molecule has 1 aliphatic heterocycles. The summed E-state index contributed by atoms with van der Waals surface area (Å²) in [5, 5.41) is 3.11. The van der Waals surface area contributed by atoms with Crippen LogP contribution in [0.15, 0.2) is 47.5 Å². The van der Waals surface area contributed by atoms with Crippen molar-refractivity contribution in [1.82, 2.24) is 0 Å². The predicted molar refractivity (Wildman–Crippen MR) is 99.5 cm³/mol. The maximum absolute atomic E-state index is 13.3. The fourth-order valence-corrected chi connectivity index (χ4v) is 3.34. The van der Waals surface area contributed by atoms with Crippen molar-refractivity contribution in [3.63, 3.8) is 0 Å². The minimum atomic E-state index is -0.190. The first kappa shape index (κ1) is 16.7. The van der Waals surface area contributed by atoms with E-state index in [1.165, 1.54) is 6.07 Å². The number of halogens is 1. The number of ether oxygens (including phenoxy) is 2. The quantitative estimate of drug-likeness (QED) is 0.651. The molecule has 1 aliphatic carbocycles. The van der Waals surface area contributed by atoms with Gasteiger partial charge in [-0.3, -0.25) is 0 Å². The fourth-order valence-electron chi connectivity index (χ4n) is 3.34. The van der Waals surface area contributed by atoms with Crippen molar-refractivity contribution in [3.05, 3.63) is 53.8 Å². The Labute approximate surface area is 152 Å². The van der Waals surface area contributed by atoms with Gasteiger partial charge in [0.2, 0.25) is 0 Å². The molecule has 5 nitrogen and oxygen atoms in total. The highest BCUT2D eigenvalue weighted by Crippen LogP contribution is 2.39. The number of fused-ring (bicyclic) bond motifs is 1. The third-order valence-corrected chi connectivity index (χ3v) is 4.77. The van der Waals surface area contributed by atoms with Crippen molar-refractivity contribution in [1.29, 1.82) is 0 Å². The number of nitrogens with one attached hydrogen (secondary N) is 1. The summed E-state index contributed by atoms with van der Waals surface area (Å²) in [7, 11) is 0. The fraction of sp³-hybridized carbons (Fsp3) is 0.350. The molecular formula is C20H22FN3O2. The lowest BCUT2D eigenvalue weighted by Gasteiger charge is -2.33. The summed E-state index contributed by atoms with van der Waals surface area (Å²) in [5.41, 5.74) is 7.89. The topological polar surface area (TPSA) is 68.9 Å². The van der Waals surface area contributed by atoms with Crippen LogP contribution >= 0.6 is 0 Å². The minimum Gasteiger partial charge on any atom is -0.490 e. The van der Waals surface area contributed by atoms with E-state index >= 15 is 0 Å². The highest BCUT2D eigenvalue weighted by molar-refractivity contribution is 5.92. The van der Waals surface area contributed by atoms with Crippen molar-refractivity contribution < 1.29 is 13.9 Å². The highest BCUT2D eigenvalue weighted by atomic mass is 19.1. The molecule has 6 heteroatoms. The number of guanidine groups is 1. The summed E-state index contributed by atoms with van der Waals surface area (Å²) in [4.78, 5) is 4.52. The summed E-state index contributed by atoms with van der Waals surface area (Å²) in [5.74, 6) is 2.01. The van der Waals surface area contributed by atoms with E-state index in [9.17, 15) is 4.39 Å². The molecule has 136 valence electrons. The van der Waals surface area contributed by atoms with Gasteiger partial charge in [0, 0.05) is 18.2 Å². The van der Waals surface area contributed by atoms with Crippen LogP contribution in [0.2, 0.25) is 0 Å². The van der Waals surface area contributed by atoms with Crippen LogP contribution < -0.4 is 20.5 Å². The van der Waals surface area contributed by atoms with E-state index in [2.05, 4.69) is 10.3 Å².